The highest BCUT2D eigenvalue weighted by Crippen LogP contribution is 2.25. The number of amides is 2. The summed E-state index contributed by atoms with van der Waals surface area (Å²) in [7, 11) is 0. The van der Waals surface area contributed by atoms with Crippen LogP contribution in [0.4, 0.5) is 4.79 Å². The number of alkyl carbamates (subject to hydrolysis) is 1. The molecule has 166 valence electrons. The second-order valence-electron chi connectivity index (χ2n) is 7.73. The summed E-state index contributed by atoms with van der Waals surface area (Å²) in [6, 6.07) is 8.91. The van der Waals surface area contributed by atoms with Crippen LogP contribution in [0.3, 0.4) is 0 Å². The molecule has 8 heteroatoms. The Bertz CT molecular complexity index is 836. The summed E-state index contributed by atoms with van der Waals surface area (Å²) in [6.45, 7) is 0.673. The van der Waals surface area contributed by atoms with Gasteiger partial charge in [0.05, 0.1) is 6.04 Å². The van der Waals surface area contributed by atoms with Crippen LogP contribution in [0.25, 0.3) is 0 Å². The zero-order valence-electron chi connectivity index (χ0n) is 17.5. The number of hydrogen-bond donors (Lipinski definition) is 2. The van der Waals surface area contributed by atoms with Gasteiger partial charge in [0.15, 0.2) is 5.01 Å². The molecule has 1 saturated carbocycles. The quantitative estimate of drug-likeness (QED) is 0.403. The number of ketones is 1. The molecular weight excluding hydrogens is 414 g/mol. The minimum atomic E-state index is -0.579. The monoisotopic (exact) mass is 443 g/mol. The van der Waals surface area contributed by atoms with Crippen LogP contribution in [0.1, 0.15) is 60.3 Å². The predicted molar refractivity (Wildman–Crippen MR) is 119 cm³/mol. The summed E-state index contributed by atoms with van der Waals surface area (Å²) >= 11 is 1.28. The fourth-order valence-corrected chi connectivity index (χ4v) is 4.31. The number of carbonyl (C=O) groups excluding carboxylic acids is 3. The largest absolute Gasteiger partial charge is 0.445 e. The molecule has 2 N–H and O–H groups in total. The van der Waals surface area contributed by atoms with Gasteiger partial charge in [-0.2, -0.15) is 0 Å². The van der Waals surface area contributed by atoms with Gasteiger partial charge in [0.2, 0.25) is 11.7 Å². The topological polar surface area (TPSA) is 97.4 Å². The summed E-state index contributed by atoms with van der Waals surface area (Å²) in [5.74, 6) is -0.167. The zero-order valence-corrected chi connectivity index (χ0v) is 18.4. The summed E-state index contributed by atoms with van der Waals surface area (Å²) in [6.07, 6.45) is 6.92. The number of thiazole rings is 1. The standard InChI is InChI=1S/C23H29N3O4S/c27-20(22-24-14-15-31-22)19(26-21(28)18-10-4-5-11-18)12-6-7-13-25-23(29)30-16-17-8-2-1-3-9-17/h1-3,8-9,14-15,18-19H,4-7,10-13,16H2,(H,25,29)(H,26,28)/t19-/m0/s1. The number of aromatic nitrogens is 1. The fraction of sp³-hybridized carbons (Fsp3) is 0.478. The summed E-state index contributed by atoms with van der Waals surface area (Å²) < 4.78 is 5.18. The van der Waals surface area contributed by atoms with Crippen molar-refractivity contribution in [1.29, 1.82) is 0 Å². The maximum Gasteiger partial charge on any atom is 0.407 e. The molecule has 1 heterocycles. The van der Waals surface area contributed by atoms with Gasteiger partial charge in [-0.15, -0.1) is 11.3 Å². The van der Waals surface area contributed by atoms with E-state index in [1.165, 1.54) is 11.3 Å². The lowest BCUT2D eigenvalue weighted by atomic mass is 10.0. The van der Waals surface area contributed by atoms with E-state index in [2.05, 4.69) is 15.6 Å². The fourth-order valence-electron chi connectivity index (χ4n) is 3.68. The number of carbonyl (C=O) groups is 3. The first-order valence-corrected chi connectivity index (χ1v) is 11.7. The lowest BCUT2D eigenvalue weighted by Crippen LogP contribution is -2.43. The Balaban J connectivity index is 1.40. The van der Waals surface area contributed by atoms with Crippen molar-refractivity contribution in [1.82, 2.24) is 15.6 Å². The summed E-state index contributed by atoms with van der Waals surface area (Å²) in [5.41, 5.74) is 0.930. The van der Waals surface area contributed by atoms with Gasteiger partial charge in [-0.25, -0.2) is 9.78 Å². The van der Waals surface area contributed by atoms with Crippen molar-refractivity contribution < 1.29 is 19.1 Å². The van der Waals surface area contributed by atoms with E-state index in [1.54, 1.807) is 11.6 Å². The van der Waals surface area contributed by atoms with Crippen LogP contribution >= 0.6 is 11.3 Å². The highest BCUT2D eigenvalue weighted by Gasteiger charge is 2.28. The highest BCUT2D eigenvalue weighted by molar-refractivity contribution is 7.11. The molecule has 0 saturated heterocycles. The second-order valence-corrected chi connectivity index (χ2v) is 8.62. The maximum absolute atomic E-state index is 12.8. The molecular formula is C23H29N3O4S. The van der Waals surface area contributed by atoms with Crippen LogP contribution in [-0.2, 0) is 16.1 Å². The third kappa shape index (κ3) is 7.47. The van der Waals surface area contributed by atoms with Gasteiger partial charge in [-0.3, -0.25) is 9.59 Å². The summed E-state index contributed by atoms with van der Waals surface area (Å²) in [4.78, 5) is 41.3. The molecule has 2 amide bonds. The molecule has 31 heavy (non-hydrogen) atoms. The Labute approximate surface area is 186 Å². The molecule has 1 aliphatic rings. The average Bonchev–Trinajstić information content (AvgIpc) is 3.51. The first kappa shape index (κ1) is 22.9. The van der Waals surface area contributed by atoms with Crippen molar-refractivity contribution in [2.45, 2.75) is 57.6 Å². The number of nitrogens with zero attached hydrogens (tertiary/aromatic N) is 1. The average molecular weight is 444 g/mol. The minimum absolute atomic E-state index is 0.00708. The smallest absolute Gasteiger partial charge is 0.407 e. The first-order chi connectivity index (χ1) is 15.1. The Kier molecular flexibility index (Phi) is 9.02. The van der Waals surface area contributed by atoms with Crippen LogP contribution in [0.2, 0.25) is 0 Å². The molecule has 0 spiro atoms. The van der Waals surface area contributed by atoms with E-state index >= 15 is 0 Å². The molecule has 1 fully saturated rings. The Hall–Kier alpha value is -2.74. The van der Waals surface area contributed by atoms with Gasteiger partial charge < -0.3 is 15.4 Å². The number of hydrogen-bond acceptors (Lipinski definition) is 6. The van der Waals surface area contributed by atoms with E-state index in [0.29, 0.717) is 30.8 Å². The van der Waals surface area contributed by atoms with Gasteiger partial charge in [0, 0.05) is 24.0 Å². The Morgan fingerprint density at radius 3 is 2.61 bits per heavy atom. The summed E-state index contributed by atoms with van der Waals surface area (Å²) in [5, 5.41) is 7.85. The zero-order chi connectivity index (χ0) is 21.9. The molecule has 1 atom stereocenters. The molecule has 7 nitrogen and oxygen atoms in total. The van der Waals surface area contributed by atoms with Crippen molar-refractivity contribution in [2.24, 2.45) is 5.92 Å². The number of nitrogens with one attached hydrogen (secondary N) is 2. The van der Waals surface area contributed by atoms with Crippen LogP contribution < -0.4 is 10.6 Å². The molecule has 0 aliphatic heterocycles. The van der Waals surface area contributed by atoms with Gasteiger partial charge in [0.25, 0.3) is 0 Å². The molecule has 3 rings (SSSR count). The van der Waals surface area contributed by atoms with E-state index in [-0.39, 0.29) is 24.2 Å². The Morgan fingerprint density at radius 1 is 1.13 bits per heavy atom. The Morgan fingerprint density at radius 2 is 1.90 bits per heavy atom. The number of rotatable bonds is 11. The van der Waals surface area contributed by atoms with E-state index in [9.17, 15) is 14.4 Å². The first-order valence-electron chi connectivity index (χ1n) is 10.8. The molecule has 0 radical (unpaired) electrons. The van der Waals surface area contributed by atoms with Crippen molar-refractivity contribution >= 4 is 29.1 Å². The minimum Gasteiger partial charge on any atom is -0.445 e. The van der Waals surface area contributed by atoms with E-state index in [0.717, 1.165) is 31.2 Å². The highest BCUT2D eigenvalue weighted by atomic mass is 32.1. The van der Waals surface area contributed by atoms with Gasteiger partial charge in [0.1, 0.15) is 6.61 Å². The molecule has 0 unspecified atom stereocenters. The van der Waals surface area contributed by atoms with Crippen molar-refractivity contribution in [3.05, 3.63) is 52.5 Å². The van der Waals surface area contributed by atoms with Crippen molar-refractivity contribution in [3.63, 3.8) is 0 Å². The van der Waals surface area contributed by atoms with Gasteiger partial charge >= 0.3 is 6.09 Å². The van der Waals surface area contributed by atoms with Crippen LogP contribution in [-0.4, -0.2) is 35.4 Å². The maximum atomic E-state index is 12.8. The SMILES string of the molecule is O=C(NCCCC[C@H](NC(=O)C1CCCC1)C(=O)c1nccs1)OCc1ccccc1. The molecule has 1 aromatic carbocycles. The van der Waals surface area contributed by atoms with Gasteiger partial charge in [-0.1, -0.05) is 43.2 Å². The van der Waals surface area contributed by atoms with Crippen LogP contribution in [0.15, 0.2) is 41.9 Å². The van der Waals surface area contributed by atoms with E-state index in [4.69, 9.17) is 4.74 Å². The van der Waals surface area contributed by atoms with Gasteiger partial charge in [-0.05, 0) is 37.7 Å². The lowest BCUT2D eigenvalue weighted by Gasteiger charge is -2.19. The second kappa shape index (κ2) is 12.2. The predicted octanol–water partition coefficient (Wildman–Crippen LogP) is 4.10. The van der Waals surface area contributed by atoms with Crippen molar-refractivity contribution in [3.8, 4) is 0 Å². The van der Waals surface area contributed by atoms with E-state index in [1.807, 2.05) is 30.3 Å². The van der Waals surface area contributed by atoms with Crippen LogP contribution in [0, 0.1) is 5.92 Å². The number of ether oxygens (including phenoxy) is 1. The number of unbranched alkanes of at least 4 members (excludes halogenated alkanes) is 1. The normalized spacial score (nSPS) is 14.7. The molecule has 2 aromatic rings. The lowest BCUT2D eigenvalue weighted by molar-refractivity contribution is -0.125. The number of benzene rings is 1. The third-order valence-corrected chi connectivity index (χ3v) is 6.19. The van der Waals surface area contributed by atoms with Crippen molar-refractivity contribution in [2.75, 3.05) is 6.54 Å². The third-order valence-electron chi connectivity index (χ3n) is 5.40. The van der Waals surface area contributed by atoms with Crippen LogP contribution in [0.5, 0.6) is 0 Å². The molecule has 0 bridgehead atoms. The molecule has 1 aliphatic carbocycles. The number of Topliss-reactive ketones (excluding diaryl/α,β-unsaturated/α-hetero) is 1. The molecule has 1 aromatic heterocycles. The van der Waals surface area contributed by atoms with E-state index < -0.39 is 12.1 Å².